The Hall–Kier alpha value is -3.72. The van der Waals surface area contributed by atoms with Crippen LogP contribution in [0.1, 0.15) is 12.8 Å². The fraction of sp³-hybridized carbons (Fsp3) is 0.407. The molecule has 1 saturated heterocycles. The Morgan fingerprint density at radius 1 is 1.17 bits per heavy atom. The normalized spacial score (nSPS) is 15.1. The zero-order chi connectivity index (χ0) is 29.6. The van der Waals surface area contributed by atoms with Crippen molar-refractivity contribution in [3.8, 4) is 5.75 Å². The van der Waals surface area contributed by atoms with Crippen molar-refractivity contribution in [2.75, 3.05) is 53.7 Å². The first-order chi connectivity index (χ1) is 20.4. The lowest BCUT2D eigenvalue weighted by Gasteiger charge is -2.33. The molecule has 4 aromatic rings. The second kappa shape index (κ2) is 13.5. The van der Waals surface area contributed by atoms with E-state index in [2.05, 4.69) is 57.5 Å². The number of anilines is 3. The Labute approximate surface area is 257 Å². The van der Waals surface area contributed by atoms with Crippen molar-refractivity contribution in [1.82, 2.24) is 29.5 Å². The highest BCUT2D eigenvalue weighted by molar-refractivity contribution is 9.09. The van der Waals surface area contributed by atoms with Gasteiger partial charge in [-0.15, -0.1) is 0 Å². The van der Waals surface area contributed by atoms with E-state index in [0.29, 0.717) is 24.7 Å². The summed E-state index contributed by atoms with van der Waals surface area (Å²) < 4.78 is 14.2. The highest BCUT2D eigenvalue weighted by Crippen LogP contribution is 2.28. The van der Waals surface area contributed by atoms with Crippen LogP contribution in [0.25, 0.3) is 16.7 Å². The van der Waals surface area contributed by atoms with E-state index in [1.165, 1.54) is 10.9 Å². The Morgan fingerprint density at radius 3 is 2.83 bits per heavy atom. The molecule has 5 rings (SSSR count). The molecule has 1 unspecified atom stereocenters. The average molecular weight is 706 g/mol. The van der Waals surface area contributed by atoms with E-state index in [0.717, 1.165) is 41.8 Å². The third-order valence-electron chi connectivity index (χ3n) is 6.94. The molecule has 15 heteroatoms. The first-order valence-electron chi connectivity index (χ1n) is 13.4. The SMILES string of the molecule is Cn1c(=O)c(OCCNC(=O)CBr)cc2cc(Nc3cc(N4CCCC(COC(=O)CBr)C4)nc4ncnn34)ccc21. The lowest BCUT2D eigenvalue weighted by molar-refractivity contribution is -0.141. The van der Waals surface area contributed by atoms with Crippen LogP contribution in [0.2, 0.25) is 0 Å². The number of ether oxygens (including phenoxy) is 2. The van der Waals surface area contributed by atoms with E-state index in [1.807, 2.05) is 24.3 Å². The van der Waals surface area contributed by atoms with Crippen molar-refractivity contribution >= 4 is 77.7 Å². The van der Waals surface area contributed by atoms with Crippen LogP contribution >= 0.6 is 31.9 Å². The zero-order valence-corrected chi connectivity index (χ0v) is 26.1. The van der Waals surface area contributed by atoms with Crippen molar-refractivity contribution in [3.05, 3.63) is 47.0 Å². The van der Waals surface area contributed by atoms with Gasteiger partial charge in [-0.05, 0) is 37.1 Å². The van der Waals surface area contributed by atoms with E-state index in [4.69, 9.17) is 14.5 Å². The van der Waals surface area contributed by atoms with E-state index < -0.39 is 0 Å². The largest absolute Gasteiger partial charge is 0.486 e. The molecule has 0 spiro atoms. The number of piperidine rings is 1. The molecule has 1 fully saturated rings. The summed E-state index contributed by atoms with van der Waals surface area (Å²) in [6.45, 7) is 2.35. The molecule has 1 aliphatic rings. The van der Waals surface area contributed by atoms with Gasteiger partial charge in [0.25, 0.3) is 11.3 Å². The minimum Gasteiger partial charge on any atom is -0.486 e. The van der Waals surface area contributed by atoms with Gasteiger partial charge < -0.3 is 29.6 Å². The standard InChI is InChI=1S/C27H30Br2N8O5/c1-35-20-5-4-19(9-18(20)10-21(26(35)40)41-8-6-30-24(38)12-28)33-23-11-22(34-27-31-16-32-37(23)27)36-7-2-3-17(14-36)15-42-25(39)13-29/h4-5,9-11,16-17,33H,2-3,6-8,12-15H2,1H3,(H,30,38). The number of alkyl halides is 2. The number of aryl methyl sites for hydroxylation is 1. The van der Waals surface area contributed by atoms with Crippen LogP contribution in [0.3, 0.4) is 0 Å². The molecule has 0 radical (unpaired) electrons. The molecule has 13 nitrogen and oxygen atoms in total. The number of fused-ring (bicyclic) bond motifs is 2. The molecule has 0 bridgehead atoms. The molecule has 0 aliphatic carbocycles. The van der Waals surface area contributed by atoms with Gasteiger partial charge in [-0.2, -0.15) is 19.6 Å². The smallest absolute Gasteiger partial charge is 0.316 e. The molecule has 4 heterocycles. The number of rotatable bonds is 11. The molecule has 1 aliphatic heterocycles. The van der Waals surface area contributed by atoms with Gasteiger partial charge in [0.1, 0.15) is 29.9 Å². The van der Waals surface area contributed by atoms with Gasteiger partial charge in [0.05, 0.1) is 24.0 Å². The minimum absolute atomic E-state index is 0.155. The van der Waals surface area contributed by atoms with Crippen LogP contribution in [-0.4, -0.2) is 79.5 Å². The van der Waals surface area contributed by atoms with Crippen molar-refractivity contribution in [3.63, 3.8) is 0 Å². The first-order valence-corrected chi connectivity index (χ1v) is 15.6. The number of hydrogen-bond donors (Lipinski definition) is 2. The van der Waals surface area contributed by atoms with Gasteiger partial charge in [0.15, 0.2) is 5.75 Å². The third kappa shape index (κ3) is 6.84. The molecule has 1 aromatic carbocycles. The number of nitrogens with one attached hydrogen (secondary N) is 2. The Bertz CT molecular complexity index is 1660. The molecular weight excluding hydrogens is 676 g/mol. The number of pyridine rings is 1. The van der Waals surface area contributed by atoms with Crippen LogP contribution in [-0.2, 0) is 21.4 Å². The molecule has 222 valence electrons. The fourth-order valence-electron chi connectivity index (χ4n) is 4.89. The monoisotopic (exact) mass is 704 g/mol. The number of carbonyl (C=O) groups is 2. The van der Waals surface area contributed by atoms with Crippen LogP contribution in [0, 0.1) is 5.92 Å². The van der Waals surface area contributed by atoms with E-state index in [-0.39, 0.29) is 52.9 Å². The van der Waals surface area contributed by atoms with Crippen molar-refractivity contribution in [1.29, 1.82) is 0 Å². The quantitative estimate of drug-likeness (QED) is 0.136. The highest BCUT2D eigenvalue weighted by atomic mass is 79.9. The maximum Gasteiger partial charge on any atom is 0.316 e. The van der Waals surface area contributed by atoms with Gasteiger partial charge >= 0.3 is 5.97 Å². The summed E-state index contributed by atoms with van der Waals surface area (Å²) in [4.78, 5) is 47.1. The van der Waals surface area contributed by atoms with Crippen LogP contribution < -0.4 is 25.8 Å². The molecule has 2 N–H and O–H groups in total. The molecule has 1 atom stereocenters. The summed E-state index contributed by atoms with van der Waals surface area (Å²) in [7, 11) is 1.69. The van der Waals surface area contributed by atoms with Crippen LogP contribution in [0.15, 0.2) is 41.5 Å². The second-order valence-corrected chi connectivity index (χ2v) is 11.0. The number of benzene rings is 1. The lowest BCUT2D eigenvalue weighted by Crippen LogP contribution is -2.38. The van der Waals surface area contributed by atoms with E-state index in [1.54, 1.807) is 17.6 Å². The lowest BCUT2D eigenvalue weighted by atomic mass is 9.99. The average Bonchev–Trinajstić information content (AvgIpc) is 3.49. The number of aromatic nitrogens is 5. The number of amides is 1. The summed E-state index contributed by atoms with van der Waals surface area (Å²) in [6, 6.07) is 9.30. The Balaban J connectivity index is 1.37. The van der Waals surface area contributed by atoms with Crippen LogP contribution in [0.4, 0.5) is 17.3 Å². The third-order valence-corrected chi connectivity index (χ3v) is 7.90. The van der Waals surface area contributed by atoms with E-state index in [9.17, 15) is 14.4 Å². The molecular formula is C27H30Br2N8O5. The summed E-state index contributed by atoms with van der Waals surface area (Å²) in [5, 5.41) is 11.6. The number of nitrogens with zero attached hydrogens (tertiary/aromatic N) is 6. The van der Waals surface area contributed by atoms with Crippen molar-refractivity contribution in [2.24, 2.45) is 13.0 Å². The van der Waals surface area contributed by atoms with Gasteiger partial charge in [-0.1, -0.05) is 31.9 Å². The van der Waals surface area contributed by atoms with Gasteiger partial charge in [0.2, 0.25) is 5.91 Å². The zero-order valence-electron chi connectivity index (χ0n) is 22.9. The summed E-state index contributed by atoms with van der Waals surface area (Å²) in [5.41, 5.74) is 1.25. The van der Waals surface area contributed by atoms with Crippen molar-refractivity contribution < 1.29 is 19.1 Å². The summed E-state index contributed by atoms with van der Waals surface area (Å²) >= 11 is 6.23. The number of halogens is 2. The topological polar surface area (TPSA) is 145 Å². The maximum atomic E-state index is 12.8. The second-order valence-electron chi connectivity index (χ2n) is 9.85. The Kier molecular flexibility index (Phi) is 9.57. The first kappa shape index (κ1) is 29.8. The van der Waals surface area contributed by atoms with Crippen LogP contribution in [0.5, 0.6) is 5.75 Å². The number of carbonyl (C=O) groups excluding carboxylic acids is 2. The van der Waals surface area contributed by atoms with Gasteiger partial charge in [-0.25, -0.2) is 0 Å². The fourth-order valence-corrected chi connectivity index (χ4v) is 5.25. The molecule has 3 aromatic heterocycles. The number of esters is 1. The minimum atomic E-state index is -0.269. The molecule has 42 heavy (non-hydrogen) atoms. The van der Waals surface area contributed by atoms with Gasteiger partial charge in [0, 0.05) is 43.2 Å². The highest BCUT2D eigenvalue weighted by Gasteiger charge is 2.24. The Morgan fingerprint density at radius 2 is 2.02 bits per heavy atom. The predicted octanol–water partition coefficient (Wildman–Crippen LogP) is 2.76. The van der Waals surface area contributed by atoms with Gasteiger partial charge in [-0.3, -0.25) is 14.4 Å². The molecule has 0 saturated carbocycles. The summed E-state index contributed by atoms with van der Waals surface area (Å²) in [5.74, 6) is 1.85. The molecule has 1 amide bonds. The number of hydrogen-bond acceptors (Lipinski definition) is 10. The summed E-state index contributed by atoms with van der Waals surface area (Å²) in [6.07, 6.45) is 3.38. The maximum absolute atomic E-state index is 12.8. The van der Waals surface area contributed by atoms with E-state index >= 15 is 0 Å². The predicted molar refractivity (Wildman–Crippen MR) is 165 cm³/mol. The van der Waals surface area contributed by atoms with Crippen molar-refractivity contribution in [2.45, 2.75) is 12.8 Å².